The summed E-state index contributed by atoms with van der Waals surface area (Å²) in [6, 6.07) is 11.1. The third-order valence-electron chi connectivity index (χ3n) is 2.21. The molecule has 18 heavy (non-hydrogen) atoms. The van der Waals surface area contributed by atoms with Crippen LogP contribution in [0.5, 0.6) is 6.01 Å². The first-order valence-electron chi connectivity index (χ1n) is 5.30. The minimum atomic E-state index is 0.200. The van der Waals surface area contributed by atoms with Crippen LogP contribution < -0.4 is 4.74 Å². The second-order valence-corrected chi connectivity index (χ2v) is 4.14. The van der Waals surface area contributed by atoms with Crippen molar-refractivity contribution in [1.29, 1.82) is 5.26 Å². The SMILES string of the molecule is Cc1cc(C#N)nc(OCc2cccc(Cl)c2)n1. The second kappa shape index (κ2) is 5.48. The van der Waals surface area contributed by atoms with E-state index in [9.17, 15) is 0 Å². The van der Waals surface area contributed by atoms with Gasteiger partial charge in [0.05, 0.1) is 0 Å². The van der Waals surface area contributed by atoms with Gasteiger partial charge in [-0.15, -0.1) is 0 Å². The molecule has 0 aliphatic rings. The molecule has 0 bridgehead atoms. The number of halogens is 1. The molecule has 1 aromatic heterocycles. The molecule has 0 radical (unpaired) electrons. The summed E-state index contributed by atoms with van der Waals surface area (Å²) in [5.74, 6) is 0. The predicted molar refractivity (Wildman–Crippen MR) is 67.3 cm³/mol. The molecule has 5 heteroatoms. The number of hydrogen-bond acceptors (Lipinski definition) is 4. The number of aromatic nitrogens is 2. The van der Waals surface area contributed by atoms with E-state index in [4.69, 9.17) is 21.6 Å². The standard InChI is InChI=1S/C13H10ClN3O/c1-9-5-12(7-15)17-13(16-9)18-8-10-3-2-4-11(14)6-10/h2-6H,8H2,1H3. The van der Waals surface area contributed by atoms with Gasteiger partial charge in [0.2, 0.25) is 0 Å². The number of ether oxygens (including phenoxy) is 1. The molecule has 2 rings (SSSR count). The van der Waals surface area contributed by atoms with Crippen molar-refractivity contribution in [2.24, 2.45) is 0 Å². The van der Waals surface area contributed by atoms with E-state index in [0.29, 0.717) is 23.0 Å². The van der Waals surface area contributed by atoms with Crippen LogP contribution in [0.1, 0.15) is 17.0 Å². The molecule has 0 spiro atoms. The van der Waals surface area contributed by atoms with E-state index in [0.717, 1.165) is 5.56 Å². The Kier molecular flexibility index (Phi) is 3.75. The molecule has 4 nitrogen and oxygen atoms in total. The molecule has 1 heterocycles. The Morgan fingerprint density at radius 1 is 1.33 bits per heavy atom. The van der Waals surface area contributed by atoms with Crippen LogP contribution in [0, 0.1) is 18.3 Å². The first kappa shape index (κ1) is 12.3. The van der Waals surface area contributed by atoms with Crippen LogP contribution >= 0.6 is 11.6 Å². The normalized spacial score (nSPS) is 9.83. The van der Waals surface area contributed by atoms with Crippen LogP contribution in [-0.2, 0) is 6.61 Å². The van der Waals surface area contributed by atoms with Gasteiger partial charge in [-0.2, -0.15) is 10.2 Å². The largest absolute Gasteiger partial charge is 0.459 e. The van der Waals surface area contributed by atoms with Gasteiger partial charge < -0.3 is 4.74 Å². The number of hydrogen-bond donors (Lipinski definition) is 0. The summed E-state index contributed by atoms with van der Waals surface area (Å²) in [4.78, 5) is 8.06. The highest BCUT2D eigenvalue weighted by molar-refractivity contribution is 6.30. The Hall–Kier alpha value is -2.12. The zero-order valence-electron chi connectivity index (χ0n) is 9.72. The van der Waals surface area contributed by atoms with Gasteiger partial charge in [-0.25, -0.2) is 4.98 Å². The van der Waals surface area contributed by atoms with E-state index in [1.54, 1.807) is 19.1 Å². The summed E-state index contributed by atoms with van der Waals surface area (Å²) in [7, 11) is 0. The van der Waals surface area contributed by atoms with Gasteiger partial charge in [-0.3, -0.25) is 0 Å². The van der Waals surface area contributed by atoms with Crippen LogP contribution in [0.25, 0.3) is 0 Å². The molecule has 0 N–H and O–H groups in total. The maximum atomic E-state index is 8.79. The van der Waals surface area contributed by atoms with E-state index >= 15 is 0 Å². The van der Waals surface area contributed by atoms with Crippen LogP contribution in [0.15, 0.2) is 30.3 Å². The first-order chi connectivity index (χ1) is 8.67. The molecule has 0 aliphatic carbocycles. The molecule has 2 aromatic rings. The molecular weight excluding hydrogens is 250 g/mol. The lowest BCUT2D eigenvalue weighted by atomic mass is 10.2. The third kappa shape index (κ3) is 3.19. The van der Waals surface area contributed by atoms with Crippen LogP contribution in [0.2, 0.25) is 5.02 Å². The van der Waals surface area contributed by atoms with E-state index in [2.05, 4.69) is 9.97 Å². The Morgan fingerprint density at radius 2 is 2.17 bits per heavy atom. The zero-order valence-corrected chi connectivity index (χ0v) is 10.5. The van der Waals surface area contributed by atoms with E-state index in [1.165, 1.54) is 0 Å². The number of nitriles is 1. The lowest BCUT2D eigenvalue weighted by Gasteiger charge is -2.05. The van der Waals surface area contributed by atoms with E-state index < -0.39 is 0 Å². The highest BCUT2D eigenvalue weighted by atomic mass is 35.5. The van der Waals surface area contributed by atoms with Crippen molar-refractivity contribution in [3.8, 4) is 12.1 Å². The topological polar surface area (TPSA) is 58.8 Å². The maximum absolute atomic E-state index is 8.79. The molecule has 0 unspecified atom stereocenters. The molecule has 0 saturated carbocycles. The van der Waals surface area contributed by atoms with Gasteiger partial charge in [-0.1, -0.05) is 23.7 Å². The highest BCUT2D eigenvalue weighted by Crippen LogP contribution is 2.13. The molecule has 0 aliphatic heterocycles. The maximum Gasteiger partial charge on any atom is 0.318 e. The van der Waals surface area contributed by atoms with Crippen molar-refractivity contribution >= 4 is 11.6 Å². The molecule has 0 fully saturated rings. The summed E-state index contributed by atoms with van der Waals surface area (Å²) in [5.41, 5.74) is 1.91. The Balaban J connectivity index is 2.11. The molecule has 1 aromatic carbocycles. The molecular formula is C13H10ClN3O. The van der Waals surface area contributed by atoms with Crippen LogP contribution in [0.3, 0.4) is 0 Å². The van der Waals surface area contributed by atoms with E-state index in [1.807, 2.05) is 24.3 Å². The number of nitrogens with zero attached hydrogens (tertiary/aromatic N) is 3. The van der Waals surface area contributed by atoms with E-state index in [-0.39, 0.29) is 6.01 Å². The van der Waals surface area contributed by atoms with Gasteiger partial charge in [0.25, 0.3) is 0 Å². The average molecular weight is 260 g/mol. The molecule has 0 saturated heterocycles. The minimum absolute atomic E-state index is 0.200. The lowest BCUT2D eigenvalue weighted by molar-refractivity contribution is 0.279. The van der Waals surface area contributed by atoms with Crippen LogP contribution in [-0.4, -0.2) is 9.97 Å². The summed E-state index contributed by atoms with van der Waals surface area (Å²) in [6.07, 6.45) is 0. The van der Waals surface area contributed by atoms with Gasteiger partial charge in [0, 0.05) is 10.7 Å². The quantitative estimate of drug-likeness (QED) is 0.850. The number of aryl methyl sites for hydroxylation is 1. The van der Waals surface area contributed by atoms with Crippen LogP contribution in [0.4, 0.5) is 0 Å². The fourth-order valence-electron chi connectivity index (χ4n) is 1.44. The fraction of sp³-hybridized carbons (Fsp3) is 0.154. The summed E-state index contributed by atoms with van der Waals surface area (Å²) < 4.78 is 5.44. The summed E-state index contributed by atoms with van der Waals surface area (Å²) in [5, 5.41) is 9.45. The smallest absolute Gasteiger partial charge is 0.318 e. The molecule has 90 valence electrons. The van der Waals surface area contributed by atoms with Gasteiger partial charge in [-0.05, 0) is 30.7 Å². The van der Waals surface area contributed by atoms with Crippen molar-refractivity contribution < 1.29 is 4.74 Å². The second-order valence-electron chi connectivity index (χ2n) is 3.71. The zero-order chi connectivity index (χ0) is 13.0. The Morgan fingerprint density at radius 3 is 2.89 bits per heavy atom. The third-order valence-corrected chi connectivity index (χ3v) is 2.44. The number of benzene rings is 1. The molecule has 0 amide bonds. The monoisotopic (exact) mass is 259 g/mol. The lowest BCUT2D eigenvalue weighted by Crippen LogP contribution is -2.01. The minimum Gasteiger partial charge on any atom is -0.459 e. The van der Waals surface area contributed by atoms with Crippen molar-refractivity contribution in [3.05, 3.63) is 52.3 Å². The van der Waals surface area contributed by atoms with Gasteiger partial charge >= 0.3 is 6.01 Å². The van der Waals surface area contributed by atoms with Gasteiger partial charge in [0.15, 0.2) is 0 Å². The Bertz CT molecular complexity index is 607. The van der Waals surface area contributed by atoms with Crippen molar-refractivity contribution in [3.63, 3.8) is 0 Å². The first-order valence-corrected chi connectivity index (χ1v) is 5.68. The fourth-order valence-corrected chi connectivity index (χ4v) is 1.65. The molecule has 0 atom stereocenters. The van der Waals surface area contributed by atoms with Crippen molar-refractivity contribution in [2.45, 2.75) is 13.5 Å². The number of rotatable bonds is 3. The summed E-state index contributed by atoms with van der Waals surface area (Å²) in [6.45, 7) is 2.10. The Labute approximate surface area is 110 Å². The highest BCUT2D eigenvalue weighted by Gasteiger charge is 2.03. The summed E-state index contributed by atoms with van der Waals surface area (Å²) >= 11 is 5.87. The average Bonchev–Trinajstić information content (AvgIpc) is 2.36. The predicted octanol–water partition coefficient (Wildman–Crippen LogP) is 2.89. The van der Waals surface area contributed by atoms with Gasteiger partial charge in [0.1, 0.15) is 18.4 Å². The van der Waals surface area contributed by atoms with Crippen molar-refractivity contribution in [1.82, 2.24) is 9.97 Å². The van der Waals surface area contributed by atoms with Crippen molar-refractivity contribution in [2.75, 3.05) is 0 Å².